The summed E-state index contributed by atoms with van der Waals surface area (Å²) in [5.41, 5.74) is 8.33. The van der Waals surface area contributed by atoms with Crippen LogP contribution in [0.5, 0.6) is 5.75 Å². The second-order valence-corrected chi connectivity index (χ2v) is 3.28. The fourth-order valence-electron chi connectivity index (χ4n) is 1.54. The molecule has 2 rings (SSSR count). The van der Waals surface area contributed by atoms with Gasteiger partial charge in [-0.3, -0.25) is 0 Å². The van der Waals surface area contributed by atoms with Crippen LogP contribution in [0.25, 0.3) is 0 Å². The van der Waals surface area contributed by atoms with Crippen LogP contribution in [0.2, 0.25) is 0 Å². The molecule has 0 saturated carbocycles. The van der Waals surface area contributed by atoms with E-state index in [2.05, 4.69) is 19.1 Å². The van der Waals surface area contributed by atoms with Crippen molar-refractivity contribution in [2.45, 2.75) is 19.4 Å². The molecule has 2 N–H and O–H groups in total. The highest BCUT2D eigenvalue weighted by Crippen LogP contribution is 2.30. The van der Waals surface area contributed by atoms with Crippen molar-refractivity contribution in [2.75, 3.05) is 6.61 Å². The Morgan fingerprint density at radius 1 is 1.50 bits per heavy atom. The highest BCUT2D eigenvalue weighted by Gasteiger charge is 2.17. The normalized spacial score (nSPS) is 21.3. The van der Waals surface area contributed by atoms with Gasteiger partial charge in [-0.2, -0.15) is 0 Å². The Bertz CT molecular complexity index is 296. The quantitative estimate of drug-likeness (QED) is 0.632. The molecule has 2 nitrogen and oxygen atoms in total. The summed E-state index contributed by atoms with van der Waals surface area (Å²) in [6.07, 6.45) is 0.927. The third-order valence-corrected chi connectivity index (χ3v) is 2.25. The van der Waals surface area contributed by atoms with Gasteiger partial charge in [-0.15, -0.1) is 0 Å². The highest BCUT2D eigenvalue weighted by atomic mass is 16.5. The number of ether oxygens (including phenoxy) is 1. The number of benzene rings is 1. The van der Waals surface area contributed by atoms with Crippen LogP contribution >= 0.6 is 0 Å². The molecule has 0 unspecified atom stereocenters. The van der Waals surface area contributed by atoms with Gasteiger partial charge in [0.25, 0.3) is 0 Å². The van der Waals surface area contributed by atoms with E-state index in [1.165, 1.54) is 5.56 Å². The van der Waals surface area contributed by atoms with Crippen molar-refractivity contribution in [3.63, 3.8) is 0 Å². The Hall–Kier alpha value is -1.02. The largest absolute Gasteiger partial charge is 0.493 e. The van der Waals surface area contributed by atoms with Gasteiger partial charge in [0.05, 0.1) is 6.61 Å². The first-order chi connectivity index (χ1) is 5.77. The van der Waals surface area contributed by atoms with Crippen molar-refractivity contribution in [3.05, 3.63) is 29.3 Å². The molecular weight excluding hydrogens is 150 g/mol. The maximum absolute atomic E-state index is 5.94. The average Bonchev–Trinajstić information content (AvgIpc) is 2.07. The Balaban J connectivity index is 2.47. The van der Waals surface area contributed by atoms with Gasteiger partial charge in [0, 0.05) is 18.0 Å². The zero-order valence-corrected chi connectivity index (χ0v) is 7.21. The number of fused-ring (bicyclic) bond motifs is 1. The minimum atomic E-state index is 0.161. The minimum absolute atomic E-state index is 0.161. The van der Waals surface area contributed by atoms with Crippen LogP contribution in [0.1, 0.15) is 23.6 Å². The molecule has 0 amide bonds. The second-order valence-electron chi connectivity index (χ2n) is 3.28. The molecule has 1 aromatic carbocycles. The Labute approximate surface area is 72.3 Å². The standard InChI is InChI=1S/C10H13NO/c1-7-2-3-10-8(6-7)9(11)4-5-12-10/h2-3,6,9H,4-5,11H2,1H3/t9-/m0/s1. The van der Waals surface area contributed by atoms with E-state index in [1.54, 1.807) is 0 Å². The monoisotopic (exact) mass is 163 g/mol. The molecule has 64 valence electrons. The fourth-order valence-corrected chi connectivity index (χ4v) is 1.54. The molecule has 2 heteroatoms. The lowest BCUT2D eigenvalue weighted by Crippen LogP contribution is -2.20. The smallest absolute Gasteiger partial charge is 0.124 e. The van der Waals surface area contributed by atoms with Crippen molar-refractivity contribution >= 4 is 0 Å². The molecule has 0 bridgehead atoms. The second kappa shape index (κ2) is 2.79. The molecule has 1 aliphatic heterocycles. The van der Waals surface area contributed by atoms with Crippen LogP contribution in [-0.2, 0) is 0 Å². The number of aryl methyl sites for hydroxylation is 1. The molecule has 1 aromatic rings. The summed E-state index contributed by atoms with van der Waals surface area (Å²) in [5, 5.41) is 0. The summed E-state index contributed by atoms with van der Waals surface area (Å²) in [7, 11) is 0. The van der Waals surface area contributed by atoms with Crippen molar-refractivity contribution < 1.29 is 4.74 Å². The summed E-state index contributed by atoms with van der Waals surface area (Å²) in [4.78, 5) is 0. The van der Waals surface area contributed by atoms with Crippen molar-refractivity contribution in [1.82, 2.24) is 0 Å². The maximum atomic E-state index is 5.94. The zero-order valence-electron chi connectivity index (χ0n) is 7.21. The summed E-state index contributed by atoms with van der Waals surface area (Å²) in [6.45, 7) is 2.82. The molecule has 0 fully saturated rings. The van der Waals surface area contributed by atoms with Crippen LogP contribution in [0, 0.1) is 6.92 Å². The van der Waals surface area contributed by atoms with Gasteiger partial charge in [0.15, 0.2) is 0 Å². The molecule has 0 aliphatic carbocycles. The van der Waals surface area contributed by atoms with E-state index in [0.29, 0.717) is 0 Å². The lowest BCUT2D eigenvalue weighted by atomic mass is 10.00. The van der Waals surface area contributed by atoms with Crippen molar-refractivity contribution in [2.24, 2.45) is 5.73 Å². The molecule has 0 aromatic heterocycles. The lowest BCUT2D eigenvalue weighted by molar-refractivity contribution is 0.269. The Kier molecular flexibility index (Phi) is 1.77. The predicted octanol–water partition coefficient (Wildman–Crippen LogP) is 1.78. The Morgan fingerprint density at radius 3 is 3.17 bits per heavy atom. The van der Waals surface area contributed by atoms with Crippen LogP contribution in [0.3, 0.4) is 0 Å². The van der Waals surface area contributed by atoms with E-state index in [-0.39, 0.29) is 6.04 Å². The van der Waals surface area contributed by atoms with E-state index in [0.717, 1.165) is 24.3 Å². The van der Waals surface area contributed by atoms with E-state index in [1.807, 2.05) is 6.07 Å². The van der Waals surface area contributed by atoms with Gasteiger partial charge >= 0.3 is 0 Å². The van der Waals surface area contributed by atoms with E-state index >= 15 is 0 Å². The minimum Gasteiger partial charge on any atom is -0.493 e. The third kappa shape index (κ3) is 1.18. The number of hydrogen-bond donors (Lipinski definition) is 1. The summed E-state index contributed by atoms with van der Waals surface area (Å²) >= 11 is 0. The number of rotatable bonds is 0. The third-order valence-electron chi connectivity index (χ3n) is 2.25. The molecular formula is C10H13NO. The average molecular weight is 163 g/mol. The van der Waals surface area contributed by atoms with E-state index in [9.17, 15) is 0 Å². The van der Waals surface area contributed by atoms with E-state index in [4.69, 9.17) is 10.5 Å². The van der Waals surface area contributed by atoms with Gasteiger partial charge in [-0.05, 0) is 13.0 Å². The molecule has 1 aliphatic rings. The zero-order chi connectivity index (χ0) is 8.55. The first kappa shape index (κ1) is 7.62. The van der Waals surface area contributed by atoms with Crippen LogP contribution in [-0.4, -0.2) is 6.61 Å². The van der Waals surface area contributed by atoms with Crippen LogP contribution < -0.4 is 10.5 Å². The lowest BCUT2D eigenvalue weighted by Gasteiger charge is -2.22. The molecule has 0 radical (unpaired) electrons. The summed E-state index contributed by atoms with van der Waals surface area (Å²) in [5.74, 6) is 0.958. The molecule has 0 spiro atoms. The maximum Gasteiger partial charge on any atom is 0.124 e. The molecule has 1 heterocycles. The van der Waals surface area contributed by atoms with Gasteiger partial charge < -0.3 is 10.5 Å². The van der Waals surface area contributed by atoms with Crippen LogP contribution in [0.15, 0.2) is 18.2 Å². The van der Waals surface area contributed by atoms with Crippen molar-refractivity contribution in [3.8, 4) is 5.75 Å². The van der Waals surface area contributed by atoms with Crippen molar-refractivity contribution in [1.29, 1.82) is 0 Å². The number of nitrogens with two attached hydrogens (primary N) is 1. The Morgan fingerprint density at radius 2 is 2.33 bits per heavy atom. The SMILES string of the molecule is Cc1ccc2c(c1)[C@@H](N)CCO2. The van der Waals surface area contributed by atoms with Gasteiger partial charge in [0.2, 0.25) is 0 Å². The summed E-state index contributed by atoms with van der Waals surface area (Å²) in [6, 6.07) is 6.33. The summed E-state index contributed by atoms with van der Waals surface area (Å²) < 4.78 is 5.47. The fraction of sp³-hybridized carbons (Fsp3) is 0.400. The van der Waals surface area contributed by atoms with Crippen LogP contribution in [0.4, 0.5) is 0 Å². The highest BCUT2D eigenvalue weighted by molar-refractivity contribution is 5.40. The number of hydrogen-bond acceptors (Lipinski definition) is 2. The first-order valence-corrected chi connectivity index (χ1v) is 4.26. The molecule has 12 heavy (non-hydrogen) atoms. The first-order valence-electron chi connectivity index (χ1n) is 4.26. The predicted molar refractivity (Wildman–Crippen MR) is 48.2 cm³/mol. The molecule has 0 saturated heterocycles. The molecule has 1 atom stereocenters. The van der Waals surface area contributed by atoms with Gasteiger partial charge in [-0.1, -0.05) is 17.7 Å². The van der Waals surface area contributed by atoms with E-state index < -0.39 is 0 Å². The van der Waals surface area contributed by atoms with Gasteiger partial charge in [0.1, 0.15) is 5.75 Å². The topological polar surface area (TPSA) is 35.2 Å². The van der Waals surface area contributed by atoms with Gasteiger partial charge in [-0.25, -0.2) is 0 Å².